The van der Waals surface area contributed by atoms with Gasteiger partial charge in [-0.2, -0.15) is 0 Å². The third-order valence-electron chi connectivity index (χ3n) is 12.5. The smallest absolute Gasteiger partial charge is 0.0546 e. The lowest BCUT2D eigenvalue weighted by Crippen LogP contribution is -2.16. The van der Waals surface area contributed by atoms with E-state index >= 15 is 0 Å². The highest BCUT2D eigenvalue weighted by Gasteiger charge is 2.29. The first kappa shape index (κ1) is 37.4. The number of para-hydroxylation sites is 2. The molecule has 0 bridgehead atoms. The largest absolute Gasteiger partial charge is 0.310 e. The average Bonchev–Trinajstić information content (AvgIpc) is 3.30. The highest BCUT2D eigenvalue weighted by molar-refractivity contribution is 6.22. The fraction of sp³-hybridized carbons (Fsp3) is 0.138. The van der Waals surface area contributed by atoms with Crippen LogP contribution < -0.4 is 9.80 Å². The van der Waals surface area contributed by atoms with E-state index in [0.717, 1.165) is 35.6 Å². The summed E-state index contributed by atoms with van der Waals surface area (Å²) in [6.45, 7) is 9.07. The number of aryl methyl sites for hydroxylation is 2. The molecule has 0 fully saturated rings. The van der Waals surface area contributed by atoms with Gasteiger partial charge in [-0.25, -0.2) is 0 Å². The third kappa shape index (κ3) is 6.63. The first-order valence-electron chi connectivity index (χ1n) is 21.5. The van der Waals surface area contributed by atoms with Gasteiger partial charge in [0.15, 0.2) is 0 Å². The van der Waals surface area contributed by atoms with E-state index in [-0.39, 0.29) is 0 Å². The Morgan fingerprint density at radius 1 is 0.350 bits per heavy atom. The molecule has 1 aliphatic rings. The summed E-state index contributed by atoms with van der Waals surface area (Å²) >= 11 is 0. The zero-order chi connectivity index (χ0) is 40.7. The van der Waals surface area contributed by atoms with Crippen LogP contribution in [0, 0.1) is 0 Å². The lowest BCUT2D eigenvalue weighted by Gasteiger charge is -2.34. The maximum absolute atomic E-state index is 2.50. The zero-order valence-electron chi connectivity index (χ0n) is 34.9. The van der Waals surface area contributed by atoms with Crippen molar-refractivity contribution in [3.05, 3.63) is 216 Å². The van der Waals surface area contributed by atoms with Crippen LogP contribution in [0.5, 0.6) is 0 Å². The molecule has 2 nitrogen and oxygen atoms in total. The second-order valence-corrected chi connectivity index (χ2v) is 16.8. The molecule has 0 aliphatic heterocycles. The number of nitrogens with zero attached hydrogens (tertiary/aromatic N) is 2. The van der Waals surface area contributed by atoms with Gasteiger partial charge in [-0.15, -0.1) is 0 Å². The van der Waals surface area contributed by atoms with Crippen molar-refractivity contribution in [1.29, 1.82) is 0 Å². The van der Waals surface area contributed by atoms with Crippen LogP contribution in [0.15, 0.2) is 194 Å². The van der Waals surface area contributed by atoms with Crippen molar-refractivity contribution in [2.24, 2.45) is 0 Å². The van der Waals surface area contributed by atoms with Crippen LogP contribution in [0.1, 0.15) is 61.8 Å². The fourth-order valence-electron chi connectivity index (χ4n) is 9.44. The van der Waals surface area contributed by atoms with Gasteiger partial charge in [0, 0.05) is 28.1 Å². The van der Waals surface area contributed by atoms with Crippen molar-refractivity contribution in [2.45, 2.75) is 52.4 Å². The minimum Gasteiger partial charge on any atom is -0.310 e. The summed E-state index contributed by atoms with van der Waals surface area (Å²) in [5.74, 6) is 0.908. The van der Waals surface area contributed by atoms with Gasteiger partial charge >= 0.3 is 0 Å². The van der Waals surface area contributed by atoms with Gasteiger partial charge in [0.1, 0.15) is 0 Å². The first-order chi connectivity index (χ1) is 29.4. The molecule has 0 saturated heterocycles. The van der Waals surface area contributed by atoms with E-state index in [4.69, 9.17) is 0 Å². The highest BCUT2D eigenvalue weighted by Crippen LogP contribution is 2.52. The van der Waals surface area contributed by atoms with Crippen molar-refractivity contribution in [1.82, 2.24) is 0 Å². The number of rotatable bonds is 10. The molecular formula is C58H50N2. The molecule has 0 aromatic heterocycles. The predicted molar refractivity (Wildman–Crippen MR) is 257 cm³/mol. The molecule has 0 N–H and O–H groups in total. The summed E-state index contributed by atoms with van der Waals surface area (Å²) in [5, 5.41) is 5.26. The Labute approximate surface area is 355 Å². The van der Waals surface area contributed by atoms with E-state index in [9.17, 15) is 0 Å². The number of hydrogen-bond donors (Lipinski definition) is 0. The van der Waals surface area contributed by atoms with Gasteiger partial charge in [-0.3, -0.25) is 0 Å². The molecule has 0 heterocycles. The van der Waals surface area contributed by atoms with E-state index in [1.807, 2.05) is 0 Å². The van der Waals surface area contributed by atoms with Crippen LogP contribution in [0.2, 0.25) is 0 Å². The standard InChI is InChI=1S/C58H50N2/c1-39(2)41-25-29-47(30-26-41)59(45-21-13-7-14-22-45)55-37-53(43-17-9-5-10-18-43)49-34-36-52-56(60(46-23-15-8-16-24-46)48-31-27-42(28-32-48)40(3)4)38-54(44-19-11-6-12-20-44)50-33-35-51(55)57(49)58(50)52/h5-33,35,37-40H,34,36H2,1-4H3. The minimum absolute atomic E-state index is 0.452. The second-order valence-electron chi connectivity index (χ2n) is 16.8. The first-order valence-corrected chi connectivity index (χ1v) is 21.5. The fourth-order valence-corrected chi connectivity index (χ4v) is 9.44. The summed E-state index contributed by atoms with van der Waals surface area (Å²) in [4.78, 5) is 4.98. The normalized spacial score (nSPS) is 12.2. The monoisotopic (exact) mass is 774 g/mol. The van der Waals surface area contributed by atoms with Crippen molar-refractivity contribution < 1.29 is 0 Å². The van der Waals surface area contributed by atoms with E-state index in [0.29, 0.717) is 11.8 Å². The van der Waals surface area contributed by atoms with E-state index in [1.165, 1.54) is 77.4 Å². The van der Waals surface area contributed by atoms with Crippen molar-refractivity contribution >= 4 is 55.7 Å². The van der Waals surface area contributed by atoms with E-state index in [1.54, 1.807) is 0 Å². The molecule has 0 saturated carbocycles. The summed E-state index contributed by atoms with van der Waals surface area (Å²) in [7, 11) is 0. The summed E-state index contributed by atoms with van der Waals surface area (Å²) in [5.41, 5.74) is 17.5. The van der Waals surface area contributed by atoms with Gasteiger partial charge < -0.3 is 9.80 Å². The molecule has 0 amide bonds. The molecule has 1 aliphatic carbocycles. The zero-order valence-corrected chi connectivity index (χ0v) is 34.9. The third-order valence-corrected chi connectivity index (χ3v) is 12.5. The summed E-state index contributed by atoms with van der Waals surface area (Å²) in [6.07, 6.45) is 1.87. The molecule has 0 radical (unpaired) electrons. The second kappa shape index (κ2) is 15.7. The minimum atomic E-state index is 0.452. The van der Waals surface area contributed by atoms with Crippen LogP contribution in [-0.4, -0.2) is 0 Å². The topological polar surface area (TPSA) is 6.48 Å². The molecule has 10 rings (SSSR count). The Hall–Kier alpha value is -6.90. The molecular weight excluding hydrogens is 725 g/mol. The van der Waals surface area contributed by atoms with Crippen LogP contribution in [0.25, 0.3) is 43.8 Å². The predicted octanol–water partition coefficient (Wildman–Crippen LogP) is 16.6. The lowest BCUT2D eigenvalue weighted by molar-refractivity contribution is 0.866. The quantitative estimate of drug-likeness (QED) is 0.128. The van der Waals surface area contributed by atoms with Gasteiger partial charge in [-0.05, 0) is 146 Å². The molecule has 0 spiro atoms. The number of hydrogen-bond acceptors (Lipinski definition) is 2. The van der Waals surface area contributed by atoms with Gasteiger partial charge in [-0.1, -0.05) is 161 Å². The van der Waals surface area contributed by atoms with Crippen LogP contribution >= 0.6 is 0 Å². The Morgan fingerprint density at radius 2 is 0.733 bits per heavy atom. The molecule has 60 heavy (non-hydrogen) atoms. The Morgan fingerprint density at radius 3 is 1.23 bits per heavy atom. The molecule has 0 unspecified atom stereocenters. The number of benzene rings is 9. The molecule has 2 heteroatoms. The van der Waals surface area contributed by atoms with Gasteiger partial charge in [0.2, 0.25) is 0 Å². The lowest BCUT2D eigenvalue weighted by atomic mass is 9.79. The van der Waals surface area contributed by atoms with Crippen LogP contribution in [0.4, 0.5) is 34.1 Å². The Kier molecular flexibility index (Phi) is 9.78. The summed E-state index contributed by atoms with van der Waals surface area (Å²) in [6, 6.07) is 72.1. The highest BCUT2D eigenvalue weighted by atomic mass is 15.2. The maximum atomic E-state index is 2.50. The van der Waals surface area contributed by atoms with E-state index < -0.39 is 0 Å². The molecule has 292 valence electrons. The summed E-state index contributed by atoms with van der Waals surface area (Å²) < 4.78 is 0. The van der Waals surface area contributed by atoms with Crippen molar-refractivity contribution in [3.63, 3.8) is 0 Å². The van der Waals surface area contributed by atoms with Crippen LogP contribution in [0.3, 0.4) is 0 Å². The molecule has 0 atom stereocenters. The van der Waals surface area contributed by atoms with E-state index in [2.05, 4.69) is 232 Å². The Balaban J connectivity index is 1.34. The Bertz CT molecular complexity index is 2930. The van der Waals surface area contributed by atoms with Gasteiger partial charge in [0.25, 0.3) is 0 Å². The number of anilines is 6. The van der Waals surface area contributed by atoms with Crippen molar-refractivity contribution in [2.75, 3.05) is 9.80 Å². The molecule has 9 aromatic carbocycles. The average molecular weight is 775 g/mol. The van der Waals surface area contributed by atoms with Crippen molar-refractivity contribution in [3.8, 4) is 22.3 Å². The van der Waals surface area contributed by atoms with Crippen LogP contribution in [-0.2, 0) is 12.8 Å². The maximum Gasteiger partial charge on any atom is 0.0546 e. The SMILES string of the molecule is CC(C)c1ccc(N(c2ccccc2)c2cc(-c3ccccc3)c3ccc4c(N(c5ccccc5)c5ccc(C(C)C)cc5)cc(-c5ccccc5)c5c4c3c2CC5)cc1. The molecule has 9 aromatic rings. The van der Waals surface area contributed by atoms with Gasteiger partial charge in [0.05, 0.1) is 11.4 Å².